The molecule has 13 saturated carbocycles. The van der Waals surface area contributed by atoms with Crippen molar-refractivity contribution >= 4 is 78.7 Å². The summed E-state index contributed by atoms with van der Waals surface area (Å²) in [6.45, 7) is 20.2. The quantitative estimate of drug-likeness (QED) is 0.0271. The van der Waals surface area contributed by atoms with Crippen LogP contribution in [-0.4, -0.2) is 86.8 Å². The third-order valence-electron chi connectivity index (χ3n) is 28.7. The molecule has 1 unspecified atom stereocenters. The monoisotopic (exact) mass is 1620 g/mol. The van der Waals surface area contributed by atoms with Gasteiger partial charge < -0.3 is 51.1 Å². The van der Waals surface area contributed by atoms with E-state index in [0.717, 1.165) is 49.8 Å². The van der Waals surface area contributed by atoms with Gasteiger partial charge in [0, 0.05) is 53.9 Å². The molecule has 0 aliphatic heterocycles. The highest BCUT2D eigenvalue weighted by atomic mass is 16.5. The molecule has 0 saturated heterocycles. The molecule has 8 aromatic rings. The molecule has 11 atom stereocenters. The van der Waals surface area contributed by atoms with E-state index in [0.29, 0.717) is 80.4 Å². The number of fused-ring (bicyclic) bond motifs is 18. The molecule has 10 bridgehead atoms. The highest BCUT2D eigenvalue weighted by Gasteiger charge is 2.52. The zero-order valence-electron chi connectivity index (χ0n) is 72.1. The van der Waals surface area contributed by atoms with Gasteiger partial charge in [-0.2, -0.15) is 0 Å². The van der Waals surface area contributed by atoms with Crippen molar-refractivity contribution < 1.29 is 52.5 Å². The summed E-state index contributed by atoms with van der Waals surface area (Å²) in [6.07, 6.45) is 23.0. The number of nitrogens with two attached hydrogens (primary N) is 2. The number of carbonyl (C=O) groups is 6. The van der Waals surface area contributed by atoms with Crippen molar-refractivity contribution in [1.29, 1.82) is 0 Å². The molecular weight excluding hydrogens is 1480 g/mol. The fourth-order valence-corrected chi connectivity index (χ4v) is 22.8. The molecule has 636 valence electrons. The van der Waals surface area contributed by atoms with Gasteiger partial charge in [0.1, 0.15) is 11.7 Å². The van der Waals surface area contributed by atoms with Crippen LogP contribution >= 0.6 is 0 Å². The second kappa shape index (κ2) is 41.6. The van der Waals surface area contributed by atoms with Gasteiger partial charge in [0.2, 0.25) is 0 Å². The van der Waals surface area contributed by atoms with Crippen molar-refractivity contribution in [1.82, 2.24) is 16.0 Å². The van der Waals surface area contributed by atoms with Crippen molar-refractivity contribution in [2.75, 3.05) is 33.0 Å². The largest absolute Gasteiger partial charge is 0.466 e. The highest BCUT2D eigenvalue weighted by molar-refractivity contribution is 6.01. The lowest BCUT2D eigenvalue weighted by Gasteiger charge is -2.48. The molecule has 15 aliphatic rings. The third kappa shape index (κ3) is 20.4. The van der Waals surface area contributed by atoms with Gasteiger partial charge in [0.05, 0.1) is 56.4 Å². The predicted molar refractivity (Wildman–Crippen MR) is 475 cm³/mol. The zero-order chi connectivity index (χ0) is 83.8. The summed E-state index contributed by atoms with van der Waals surface area (Å²) in [5.41, 5.74) is 19.2. The van der Waals surface area contributed by atoms with Crippen LogP contribution in [0.5, 0.6) is 0 Å². The van der Waals surface area contributed by atoms with Crippen molar-refractivity contribution in [3.8, 4) is 0 Å². The van der Waals surface area contributed by atoms with E-state index in [1.54, 1.807) is 6.92 Å². The first kappa shape index (κ1) is 88.0. The van der Waals surface area contributed by atoms with Gasteiger partial charge in [-0.25, -0.2) is 4.79 Å². The van der Waals surface area contributed by atoms with E-state index in [2.05, 4.69) is 194 Å². The molecule has 0 spiro atoms. The number of benzene rings is 8. The van der Waals surface area contributed by atoms with Crippen LogP contribution < -0.4 is 27.4 Å². The lowest BCUT2D eigenvalue weighted by Crippen LogP contribution is -2.55. The summed E-state index contributed by atoms with van der Waals surface area (Å²) in [5, 5.41) is 21.6. The van der Waals surface area contributed by atoms with Crippen LogP contribution in [0.1, 0.15) is 237 Å². The molecule has 119 heavy (non-hydrogen) atoms. The van der Waals surface area contributed by atoms with Crippen LogP contribution in [0.3, 0.4) is 0 Å². The number of carbonyl (C=O) groups excluding carboxylic acids is 6. The van der Waals surface area contributed by atoms with Gasteiger partial charge in [-0.3, -0.25) is 24.0 Å². The fourth-order valence-electron chi connectivity index (χ4n) is 22.8. The molecule has 0 aromatic heterocycles. The lowest BCUT2D eigenvalue weighted by atomic mass is 9.61. The number of allylic oxidation sites excluding steroid dienone is 1. The number of nitrogens with one attached hydrogen (secondary N) is 3. The molecule has 15 aliphatic carbocycles. The van der Waals surface area contributed by atoms with Crippen molar-refractivity contribution in [3.63, 3.8) is 0 Å². The summed E-state index contributed by atoms with van der Waals surface area (Å²) < 4.78 is 26.3. The Labute approximate surface area is 706 Å². The van der Waals surface area contributed by atoms with Gasteiger partial charge in [-0.05, 0) is 309 Å². The molecule has 0 amide bonds. The average molecular weight is 1620 g/mol. The number of hydrogen-bond donors (Lipinski definition) is 5. The first-order valence-electron chi connectivity index (χ1n) is 45.6. The lowest BCUT2D eigenvalue weighted by molar-refractivity contribution is -0.160. The Morgan fingerprint density at radius 3 is 1.04 bits per heavy atom. The van der Waals surface area contributed by atoms with Crippen molar-refractivity contribution in [2.24, 2.45) is 94.3 Å². The van der Waals surface area contributed by atoms with E-state index >= 15 is 0 Å². The number of esters is 5. The normalized spacial score (nSPS) is 28.1. The van der Waals surface area contributed by atoms with E-state index in [1.165, 1.54) is 155 Å². The highest BCUT2D eigenvalue weighted by Crippen LogP contribution is 2.51. The van der Waals surface area contributed by atoms with Gasteiger partial charge in [0.15, 0.2) is 0 Å². The maximum Gasteiger partial charge on any atom is 0.336 e. The Kier molecular flexibility index (Phi) is 30.8. The molecule has 0 radical (unpaired) electrons. The number of ketones is 1. The molecule has 8 aromatic carbocycles. The van der Waals surface area contributed by atoms with Gasteiger partial charge in [-0.15, -0.1) is 0 Å². The van der Waals surface area contributed by atoms with Crippen LogP contribution in [0.25, 0.3) is 43.1 Å². The smallest absolute Gasteiger partial charge is 0.336 e. The number of rotatable bonds is 20. The van der Waals surface area contributed by atoms with E-state index in [-0.39, 0.29) is 108 Å². The summed E-state index contributed by atoms with van der Waals surface area (Å²) in [7, 11) is 0. The van der Waals surface area contributed by atoms with Crippen LogP contribution in [0, 0.1) is 82.9 Å². The van der Waals surface area contributed by atoms with Gasteiger partial charge in [0.25, 0.3) is 0 Å². The minimum atomic E-state index is -0.428. The van der Waals surface area contributed by atoms with E-state index in [1.807, 2.05) is 46.8 Å². The Hall–Kier alpha value is -8.80. The van der Waals surface area contributed by atoms with E-state index in [9.17, 15) is 28.8 Å². The average Bonchev–Trinajstić information content (AvgIpc) is 0.794. The molecule has 7 N–H and O–H groups in total. The minimum absolute atomic E-state index is 0.00418. The summed E-state index contributed by atoms with van der Waals surface area (Å²) in [5.74, 6) is 3.73. The molecular formula is C103H133N5O11. The molecule has 16 nitrogen and oxygen atoms in total. The topological polar surface area (TPSA) is 237 Å². The van der Waals surface area contributed by atoms with Crippen molar-refractivity contribution in [2.45, 2.75) is 233 Å². The Bertz CT molecular complexity index is 4610. The van der Waals surface area contributed by atoms with Crippen LogP contribution in [0.4, 0.5) is 0 Å². The van der Waals surface area contributed by atoms with Crippen molar-refractivity contribution in [3.05, 3.63) is 203 Å². The standard InChI is InChI=1S/2C23H29NO2.C23H27NO2.C12H13N.C11H19NO2.C11H16O3/c3*1-3-26-23(25)21-17-11-13-18(14-12-17)22(21)24-15(2)19-10-6-8-16-7-4-5-9-20(16)19;1-9(13)11-8-4-6-10-5-2-3-7-12(10)11;2*1-2-14-11(13)9-7-3-5-8(6-4-7)10(9)12/h2*4-10,15,17-18,21-22,24H,3,11-14H2,1-2H3;4-10,15,17-18,24H,3,11-14H2,1-2H3;2-9H,13H2,1H3;7-10H,2-6,12H2,1H3;7-9H,2-6H2,1H3/t15-,17?,18?,21+,22-;15-,17?,18?,21-,22-;15-,17?,18?;9-;7?,8?,9-,10-;/m00000./s1. The first-order valence-corrected chi connectivity index (χ1v) is 45.6. The fraction of sp³-hybridized carbons (Fsp3) is 0.534. The second-order valence-electron chi connectivity index (χ2n) is 35.5. The Balaban J connectivity index is 0.000000127. The summed E-state index contributed by atoms with van der Waals surface area (Å²) >= 11 is 0. The van der Waals surface area contributed by atoms with E-state index in [4.69, 9.17) is 35.2 Å². The number of Topliss-reactive ketones (excluding diaryl/α,β-unsaturated/α-hetero) is 1. The Morgan fingerprint density at radius 1 is 0.345 bits per heavy atom. The van der Waals surface area contributed by atoms with E-state index < -0.39 is 5.92 Å². The third-order valence-corrected chi connectivity index (χ3v) is 28.7. The van der Waals surface area contributed by atoms with Gasteiger partial charge >= 0.3 is 29.8 Å². The molecule has 13 fully saturated rings. The number of hydrogen-bond acceptors (Lipinski definition) is 16. The minimum Gasteiger partial charge on any atom is -0.466 e. The summed E-state index contributed by atoms with van der Waals surface area (Å²) in [4.78, 5) is 73.0. The zero-order valence-corrected chi connectivity index (χ0v) is 72.1. The maximum absolute atomic E-state index is 12.7. The maximum atomic E-state index is 12.7. The predicted octanol–water partition coefficient (Wildman–Crippen LogP) is 20.6. The van der Waals surface area contributed by atoms with Crippen LogP contribution in [0.15, 0.2) is 181 Å². The molecule has 0 heterocycles. The Morgan fingerprint density at radius 2 is 0.655 bits per heavy atom. The van der Waals surface area contributed by atoms with Gasteiger partial charge in [-0.1, -0.05) is 170 Å². The first-order chi connectivity index (χ1) is 57.8. The van der Waals surface area contributed by atoms with Crippen LogP contribution in [0.2, 0.25) is 0 Å². The van der Waals surface area contributed by atoms with Crippen LogP contribution in [-0.2, 0) is 52.5 Å². The summed E-state index contributed by atoms with van der Waals surface area (Å²) in [6, 6.07) is 60.8. The SMILES string of the molecule is CCOC(=O)C1=C(N[C@@H](C)c2cccc3ccccc23)C2CCC1CC2.CCOC(=O)C1C(=O)C2CCC1CC2.CCOC(=O)[C@@H]1C2CCC(CC2)[C@@H]1N[C@@H](C)c1cccc2ccccc12.CCOC(=O)[C@H]1C2CCC(CC2)[C@@H]1N.CCOC(=O)[C@H]1C2CCC(CC2)[C@@H]1N[C@@H](C)c1cccc2ccccc12.C[C@H](N)c1cccc2ccccc12. The molecule has 16 heteroatoms. The number of ether oxygens (including phenoxy) is 5. The molecule has 23 rings (SSSR count). The second-order valence-corrected chi connectivity index (χ2v) is 35.5.